The van der Waals surface area contributed by atoms with Gasteiger partial charge in [-0.15, -0.1) is 0 Å². The quantitative estimate of drug-likeness (QED) is 0.675. The lowest BCUT2D eigenvalue weighted by Crippen LogP contribution is -2.50. The molecule has 1 aliphatic heterocycles. The number of rotatable bonds is 4. The highest BCUT2D eigenvalue weighted by atomic mass is 16.5. The third-order valence-electron chi connectivity index (χ3n) is 5.00. The molecule has 0 amide bonds. The molecule has 1 aromatic heterocycles. The molecule has 2 aromatic carbocycles. The van der Waals surface area contributed by atoms with E-state index in [1.165, 1.54) is 12.7 Å². The van der Waals surface area contributed by atoms with Gasteiger partial charge in [-0.25, -0.2) is 0 Å². The van der Waals surface area contributed by atoms with Crippen molar-refractivity contribution in [3.05, 3.63) is 54.2 Å². The minimum absolute atomic E-state index is 0.0242. The predicted molar refractivity (Wildman–Crippen MR) is 102 cm³/mol. The van der Waals surface area contributed by atoms with Crippen LogP contribution in [0, 0.1) is 12.8 Å². The number of fused-ring (bicyclic) bond motifs is 1. The number of ether oxygens (including phenoxy) is 2. The lowest BCUT2D eigenvalue weighted by Gasteiger charge is -2.39. The van der Waals surface area contributed by atoms with Crippen molar-refractivity contribution < 1.29 is 14.3 Å². The van der Waals surface area contributed by atoms with Gasteiger partial charge in [0, 0.05) is 36.0 Å². The number of aromatic nitrogens is 1. The van der Waals surface area contributed by atoms with Crippen molar-refractivity contribution in [1.82, 2.24) is 4.57 Å². The molecule has 4 rings (SSSR count). The van der Waals surface area contributed by atoms with Gasteiger partial charge in [0.1, 0.15) is 5.75 Å². The fourth-order valence-corrected chi connectivity index (χ4v) is 3.54. The standard InChI is InChI=1S/C21H22N2O3/c1-14-8-17(22-12-16(13-22)21(24)26-3)11-18(9-14)23-7-6-15-10-19(25-2)4-5-20(15)23/h4-11,16H,12-13H2,1-3H3. The SMILES string of the molecule is COC(=O)C1CN(c2cc(C)cc(-n3ccc4cc(OC)ccc43)c2)C1. The first-order valence-electron chi connectivity index (χ1n) is 8.69. The molecule has 0 bridgehead atoms. The summed E-state index contributed by atoms with van der Waals surface area (Å²) in [6.45, 7) is 3.51. The van der Waals surface area contributed by atoms with Gasteiger partial charge in [0.2, 0.25) is 0 Å². The molecular formula is C21H22N2O3. The Morgan fingerprint density at radius 3 is 2.54 bits per heavy atom. The van der Waals surface area contributed by atoms with Crippen molar-refractivity contribution in [2.45, 2.75) is 6.92 Å². The summed E-state index contributed by atoms with van der Waals surface area (Å²) in [5, 5.41) is 1.14. The van der Waals surface area contributed by atoms with Crippen molar-refractivity contribution in [1.29, 1.82) is 0 Å². The van der Waals surface area contributed by atoms with Crippen LogP contribution in [0.3, 0.4) is 0 Å². The van der Waals surface area contributed by atoms with E-state index in [1.54, 1.807) is 7.11 Å². The Morgan fingerprint density at radius 1 is 1.04 bits per heavy atom. The highest BCUT2D eigenvalue weighted by Crippen LogP contribution is 2.31. The van der Waals surface area contributed by atoms with Gasteiger partial charge in [0.15, 0.2) is 0 Å². The normalized spacial score (nSPS) is 14.3. The second kappa shape index (κ2) is 6.41. The maximum atomic E-state index is 11.6. The molecule has 0 spiro atoms. The topological polar surface area (TPSA) is 43.7 Å². The zero-order valence-corrected chi connectivity index (χ0v) is 15.2. The molecule has 134 valence electrons. The number of methoxy groups -OCH3 is 2. The summed E-state index contributed by atoms with van der Waals surface area (Å²) in [5.74, 6) is 0.706. The second-order valence-corrected chi connectivity index (χ2v) is 6.76. The minimum atomic E-state index is -0.125. The van der Waals surface area contributed by atoms with E-state index >= 15 is 0 Å². The van der Waals surface area contributed by atoms with E-state index in [4.69, 9.17) is 9.47 Å². The average molecular weight is 350 g/mol. The fraction of sp³-hybridized carbons (Fsp3) is 0.286. The Hall–Kier alpha value is -2.95. The van der Waals surface area contributed by atoms with Gasteiger partial charge in [-0.3, -0.25) is 4.79 Å². The zero-order chi connectivity index (χ0) is 18.3. The molecule has 1 fully saturated rings. The third-order valence-corrected chi connectivity index (χ3v) is 5.00. The van der Waals surface area contributed by atoms with Crippen LogP contribution in [0.2, 0.25) is 0 Å². The fourth-order valence-electron chi connectivity index (χ4n) is 3.54. The lowest BCUT2D eigenvalue weighted by molar-refractivity contribution is -0.146. The summed E-state index contributed by atoms with van der Waals surface area (Å²) in [4.78, 5) is 13.8. The molecule has 0 unspecified atom stereocenters. The van der Waals surface area contributed by atoms with Crippen molar-refractivity contribution in [3.8, 4) is 11.4 Å². The van der Waals surface area contributed by atoms with Gasteiger partial charge >= 0.3 is 5.97 Å². The van der Waals surface area contributed by atoms with E-state index in [0.717, 1.165) is 28.0 Å². The smallest absolute Gasteiger partial charge is 0.312 e. The molecule has 5 heteroatoms. The van der Waals surface area contributed by atoms with Crippen molar-refractivity contribution in [2.24, 2.45) is 5.92 Å². The van der Waals surface area contributed by atoms with Crippen LogP contribution in [0.1, 0.15) is 5.56 Å². The number of nitrogens with zero attached hydrogens (tertiary/aromatic N) is 2. The van der Waals surface area contributed by atoms with Crippen molar-refractivity contribution >= 4 is 22.6 Å². The van der Waals surface area contributed by atoms with Crippen molar-refractivity contribution in [2.75, 3.05) is 32.2 Å². The molecule has 0 N–H and O–H groups in total. The Labute approximate surface area is 152 Å². The number of aryl methyl sites for hydroxylation is 1. The number of hydrogen-bond donors (Lipinski definition) is 0. The molecule has 0 atom stereocenters. The van der Waals surface area contributed by atoms with E-state index in [2.05, 4.69) is 52.9 Å². The summed E-state index contributed by atoms with van der Waals surface area (Å²) in [7, 11) is 3.13. The highest BCUT2D eigenvalue weighted by Gasteiger charge is 2.33. The number of benzene rings is 2. The molecule has 2 heterocycles. The largest absolute Gasteiger partial charge is 0.497 e. The Bertz CT molecular complexity index is 971. The second-order valence-electron chi connectivity index (χ2n) is 6.76. The van der Waals surface area contributed by atoms with Gasteiger partial charge in [-0.2, -0.15) is 0 Å². The monoisotopic (exact) mass is 350 g/mol. The number of carbonyl (C=O) groups excluding carboxylic acids is 1. The summed E-state index contributed by atoms with van der Waals surface area (Å²) in [6, 6.07) is 14.7. The minimum Gasteiger partial charge on any atom is -0.497 e. The molecule has 1 aliphatic rings. The van der Waals surface area contributed by atoms with E-state index in [9.17, 15) is 4.79 Å². The van der Waals surface area contributed by atoms with E-state index < -0.39 is 0 Å². The summed E-state index contributed by atoms with van der Waals surface area (Å²) >= 11 is 0. The lowest BCUT2D eigenvalue weighted by atomic mass is 9.99. The summed E-state index contributed by atoms with van der Waals surface area (Å²) in [6.07, 6.45) is 2.08. The van der Waals surface area contributed by atoms with Gasteiger partial charge < -0.3 is 18.9 Å². The van der Waals surface area contributed by atoms with Crippen LogP contribution < -0.4 is 9.64 Å². The van der Waals surface area contributed by atoms with Crippen LogP contribution in [0.25, 0.3) is 16.6 Å². The maximum Gasteiger partial charge on any atom is 0.312 e. The highest BCUT2D eigenvalue weighted by molar-refractivity contribution is 5.84. The van der Waals surface area contributed by atoms with Crippen LogP contribution in [0.5, 0.6) is 5.75 Å². The number of hydrogen-bond acceptors (Lipinski definition) is 4. The summed E-state index contributed by atoms with van der Waals surface area (Å²) in [5.41, 5.74) is 4.57. The van der Waals surface area contributed by atoms with Crippen LogP contribution in [-0.2, 0) is 9.53 Å². The molecular weight excluding hydrogens is 328 g/mol. The van der Waals surface area contributed by atoms with Gasteiger partial charge in [0.05, 0.1) is 25.7 Å². The van der Waals surface area contributed by atoms with Crippen LogP contribution in [0.4, 0.5) is 5.69 Å². The first-order valence-corrected chi connectivity index (χ1v) is 8.69. The Kier molecular flexibility index (Phi) is 4.07. The predicted octanol–water partition coefficient (Wildman–Crippen LogP) is 3.56. The first kappa shape index (κ1) is 16.5. The molecule has 3 aromatic rings. The van der Waals surface area contributed by atoms with Crippen LogP contribution in [-0.4, -0.2) is 37.8 Å². The summed E-state index contributed by atoms with van der Waals surface area (Å²) < 4.78 is 12.3. The van der Waals surface area contributed by atoms with Crippen LogP contribution >= 0.6 is 0 Å². The maximum absolute atomic E-state index is 11.6. The molecule has 5 nitrogen and oxygen atoms in total. The van der Waals surface area contributed by atoms with Crippen molar-refractivity contribution in [3.63, 3.8) is 0 Å². The van der Waals surface area contributed by atoms with Gasteiger partial charge in [0.25, 0.3) is 0 Å². The Balaban J connectivity index is 1.66. The Morgan fingerprint density at radius 2 is 1.81 bits per heavy atom. The third kappa shape index (κ3) is 2.79. The number of esters is 1. The van der Waals surface area contributed by atoms with E-state index in [0.29, 0.717) is 13.1 Å². The molecule has 0 aliphatic carbocycles. The van der Waals surface area contributed by atoms with E-state index in [1.807, 2.05) is 12.1 Å². The van der Waals surface area contributed by atoms with Gasteiger partial charge in [-0.05, 0) is 55.0 Å². The molecule has 26 heavy (non-hydrogen) atoms. The van der Waals surface area contributed by atoms with Gasteiger partial charge in [-0.1, -0.05) is 0 Å². The molecule has 1 saturated heterocycles. The number of anilines is 1. The first-order chi connectivity index (χ1) is 12.6. The molecule has 0 saturated carbocycles. The average Bonchev–Trinajstić information content (AvgIpc) is 3.02. The number of carbonyl (C=O) groups is 1. The van der Waals surface area contributed by atoms with E-state index in [-0.39, 0.29) is 11.9 Å². The van der Waals surface area contributed by atoms with Crippen LogP contribution in [0.15, 0.2) is 48.7 Å². The molecule has 0 radical (unpaired) electrons. The zero-order valence-electron chi connectivity index (χ0n) is 15.2.